The Kier molecular flexibility index (Phi) is 6.35. The number of aliphatic hydroxyl groups excluding tert-OH is 1. The first-order valence-electron chi connectivity index (χ1n) is 7.97. The van der Waals surface area contributed by atoms with Gasteiger partial charge < -0.3 is 15.4 Å². The third kappa shape index (κ3) is 4.66. The maximum atomic E-state index is 13.0. The zero-order chi connectivity index (χ0) is 16.7. The molecule has 2 aromatic rings. The van der Waals surface area contributed by atoms with Crippen LogP contribution in [0.2, 0.25) is 0 Å². The number of carbonyl (C=O) groups is 1. The summed E-state index contributed by atoms with van der Waals surface area (Å²) in [5, 5.41) is 12.0. The molecule has 4 nitrogen and oxygen atoms in total. The number of hydrogen-bond acceptors (Lipinski definition) is 2. The Morgan fingerprint density at radius 3 is 2.65 bits per heavy atom. The van der Waals surface area contributed by atoms with Crippen molar-refractivity contribution in [1.82, 2.24) is 10.3 Å². The van der Waals surface area contributed by atoms with Crippen LogP contribution in [0.1, 0.15) is 36.5 Å². The van der Waals surface area contributed by atoms with Crippen molar-refractivity contribution in [1.29, 1.82) is 0 Å². The number of hydrogen-bond donors (Lipinski definition) is 3. The normalized spacial score (nSPS) is 12.1. The second kappa shape index (κ2) is 8.48. The molecule has 2 rings (SSSR count). The lowest BCUT2D eigenvalue weighted by Gasteiger charge is -2.15. The van der Waals surface area contributed by atoms with E-state index in [1.807, 2.05) is 0 Å². The molecule has 5 heteroatoms. The van der Waals surface area contributed by atoms with Crippen LogP contribution in [0, 0.1) is 11.7 Å². The van der Waals surface area contributed by atoms with Gasteiger partial charge in [-0.05, 0) is 36.5 Å². The van der Waals surface area contributed by atoms with Crippen molar-refractivity contribution in [3.63, 3.8) is 0 Å². The van der Waals surface area contributed by atoms with Crippen LogP contribution in [-0.4, -0.2) is 29.1 Å². The summed E-state index contributed by atoms with van der Waals surface area (Å²) in [6.45, 7) is 2.76. The van der Waals surface area contributed by atoms with Crippen molar-refractivity contribution in [3.05, 3.63) is 48.0 Å². The number of rotatable bonds is 8. The molecule has 3 N–H and O–H groups in total. The van der Waals surface area contributed by atoms with E-state index in [-0.39, 0.29) is 24.2 Å². The average molecular weight is 318 g/mol. The van der Waals surface area contributed by atoms with Crippen molar-refractivity contribution in [3.8, 4) is 11.1 Å². The average Bonchev–Trinajstić information content (AvgIpc) is 3.03. The maximum absolute atomic E-state index is 13.0. The molecule has 0 saturated heterocycles. The molecule has 1 aromatic heterocycles. The summed E-state index contributed by atoms with van der Waals surface area (Å²) in [5.74, 6) is -0.187. The molecule has 0 saturated carbocycles. The second-order valence-electron chi connectivity index (χ2n) is 5.67. The molecule has 1 heterocycles. The van der Waals surface area contributed by atoms with Gasteiger partial charge in [0, 0.05) is 31.1 Å². The van der Waals surface area contributed by atoms with Gasteiger partial charge in [-0.3, -0.25) is 4.79 Å². The van der Waals surface area contributed by atoms with Gasteiger partial charge in [0.05, 0.1) is 5.56 Å². The fourth-order valence-electron chi connectivity index (χ4n) is 2.69. The highest BCUT2D eigenvalue weighted by Gasteiger charge is 2.15. The molecule has 0 spiro atoms. The van der Waals surface area contributed by atoms with Crippen LogP contribution in [0.5, 0.6) is 0 Å². The van der Waals surface area contributed by atoms with Gasteiger partial charge in [0.25, 0.3) is 5.91 Å². The van der Waals surface area contributed by atoms with Crippen LogP contribution in [0.4, 0.5) is 4.39 Å². The largest absolute Gasteiger partial charge is 0.396 e. The Morgan fingerprint density at radius 1 is 1.26 bits per heavy atom. The Balaban J connectivity index is 2.06. The summed E-state index contributed by atoms with van der Waals surface area (Å²) in [4.78, 5) is 15.3. The molecule has 0 aliphatic heterocycles. The van der Waals surface area contributed by atoms with Crippen LogP contribution in [0.3, 0.4) is 0 Å². The Hall–Kier alpha value is -2.14. The molecule has 0 fully saturated rings. The predicted octanol–water partition coefficient (Wildman–Crippen LogP) is 3.35. The fraction of sp³-hybridized carbons (Fsp3) is 0.389. The number of carbonyl (C=O) groups excluding carboxylic acids is 1. The second-order valence-corrected chi connectivity index (χ2v) is 5.67. The van der Waals surface area contributed by atoms with Crippen molar-refractivity contribution in [2.75, 3.05) is 13.2 Å². The summed E-state index contributed by atoms with van der Waals surface area (Å²) in [6.07, 6.45) is 6.06. The summed E-state index contributed by atoms with van der Waals surface area (Å²) in [6, 6.07) is 6.06. The summed E-state index contributed by atoms with van der Waals surface area (Å²) >= 11 is 0. The SMILES string of the molecule is CCCC(CCO)CNC(=O)c1c[nH]cc1-c1ccc(F)cc1. The Labute approximate surface area is 135 Å². The minimum absolute atomic E-state index is 0.130. The molecule has 0 radical (unpaired) electrons. The molecule has 1 amide bonds. The van der Waals surface area contributed by atoms with Gasteiger partial charge in [0.2, 0.25) is 0 Å². The van der Waals surface area contributed by atoms with E-state index in [0.29, 0.717) is 18.5 Å². The van der Waals surface area contributed by atoms with E-state index >= 15 is 0 Å². The van der Waals surface area contributed by atoms with E-state index in [1.54, 1.807) is 24.5 Å². The zero-order valence-electron chi connectivity index (χ0n) is 13.3. The van der Waals surface area contributed by atoms with E-state index in [1.165, 1.54) is 12.1 Å². The highest BCUT2D eigenvalue weighted by atomic mass is 19.1. The van der Waals surface area contributed by atoms with Crippen molar-refractivity contribution >= 4 is 5.91 Å². The zero-order valence-corrected chi connectivity index (χ0v) is 13.3. The van der Waals surface area contributed by atoms with Gasteiger partial charge in [-0.15, -0.1) is 0 Å². The lowest BCUT2D eigenvalue weighted by atomic mass is 9.99. The van der Waals surface area contributed by atoms with E-state index in [4.69, 9.17) is 5.11 Å². The van der Waals surface area contributed by atoms with E-state index < -0.39 is 0 Å². The minimum atomic E-state index is -0.304. The van der Waals surface area contributed by atoms with Gasteiger partial charge in [-0.2, -0.15) is 0 Å². The number of H-pyrrole nitrogens is 1. The lowest BCUT2D eigenvalue weighted by Crippen LogP contribution is -2.29. The monoisotopic (exact) mass is 318 g/mol. The van der Waals surface area contributed by atoms with Crippen LogP contribution < -0.4 is 5.32 Å². The number of nitrogens with one attached hydrogen (secondary N) is 2. The van der Waals surface area contributed by atoms with Crippen molar-refractivity contribution in [2.45, 2.75) is 26.2 Å². The third-order valence-corrected chi connectivity index (χ3v) is 3.93. The van der Waals surface area contributed by atoms with Crippen LogP contribution >= 0.6 is 0 Å². The predicted molar refractivity (Wildman–Crippen MR) is 88.6 cm³/mol. The molecule has 23 heavy (non-hydrogen) atoms. The number of aromatic nitrogens is 1. The van der Waals surface area contributed by atoms with Crippen molar-refractivity contribution in [2.24, 2.45) is 5.92 Å². The molecule has 1 aromatic carbocycles. The van der Waals surface area contributed by atoms with Gasteiger partial charge in [0.15, 0.2) is 0 Å². The smallest absolute Gasteiger partial charge is 0.253 e. The number of benzene rings is 1. The lowest BCUT2D eigenvalue weighted by molar-refractivity contribution is 0.0943. The summed E-state index contributed by atoms with van der Waals surface area (Å²) in [7, 11) is 0. The number of aliphatic hydroxyl groups is 1. The number of aromatic amines is 1. The first-order chi connectivity index (χ1) is 11.2. The quantitative estimate of drug-likeness (QED) is 0.699. The molecular weight excluding hydrogens is 295 g/mol. The first-order valence-corrected chi connectivity index (χ1v) is 7.97. The van der Waals surface area contributed by atoms with Gasteiger partial charge in [-0.25, -0.2) is 4.39 Å². The van der Waals surface area contributed by atoms with E-state index in [0.717, 1.165) is 24.0 Å². The topological polar surface area (TPSA) is 65.1 Å². The van der Waals surface area contributed by atoms with Gasteiger partial charge in [-0.1, -0.05) is 25.5 Å². The summed E-state index contributed by atoms with van der Waals surface area (Å²) in [5.41, 5.74) is 2.07. The van der Waals surface area contributed by atoms with E-state index in [2.05, 4.69) is 17.2 Å². The van der Waals surface area contributed by atoms with Gasteiger partial charge in [0.1, 0.15) is 5.82 Å². The molecule has 0 aliphatic carbocycles. The molecule has 124 valence electrons. The molecular formula is C18H23FN2O2. The molecule has 1 atom stereocenters. The fourth-order valence-corrected chi connectivity index (χ4v) is 2.69. The van der Waals surface area contributed by atoms with Crippen LogP contribution in [0.15, 0.2) is 36.7 Å². The Morgan fingerprint density at radius 2 is 2.00 bits per heavy atom. The Bertz CT molecular complexity index is 616. The van der Waals surface area contributed by atoms with Crippen LogP contribution in [0.25, 0.3) is 11.1 Å². The highest BCUT2D eigenvalue weighted by molar-refractivity contribution is 6.00. The van der Waals surface area contributed by atoms with Gasteiger partial charge >= 0.3 is 0 Å². The van der Waals surface area contributed by atoms with E-state index in [9.17, 15) is 9.18 Å². The molecule has 1 unspecified atom stereocenters. The maximum Gasteiger partial charge on any atom is 0.253 e. The molecule has 0 bridgehead atoms. The standard InChI is InChI=1S/C18H23FN2O2/c1-2-3-13(8-9-22)10-21-18(23)17-12-20-11-16(17)14-4-6-15(19)7-5-14/h4-7,11-13,20,22H,2-3,8-10H2,1H3,(H,21,23). The highest BCUT2D eigenvalue weighted by Crippen LogP contribution is 2.23. The number of amides is 1. The first kappa shape index (κ1) is 17.2. The van der Waals surface area contributed by atoms with Crippen LogP contribution in [-0.2, 0) is 0 Å². The summed E-state index contributed by atoms with van der Waals surface area (Å²) < 4.78 is 13.0. The molecule has 0 aliphatic rings. The van der Waals surface area contributed by atoms with Crippen molar-refractivity contribution < 1.29 is 14.3 Å². The third-order valence-electron chi connectivity index (χ3n) is 3.93. The number of halogens is 1. The minimum Gasteiger partial charge on any atom is -0.396 e.